The fraction of sp³-hybridized carbons (Fsp3) is 0.269. The lowest BCUT2D eigenvalue weighted by Crippen LogP contribution is -2.48. The Kier molecular flexibility index (Phi) is 6.25. The number of fused-ring (bicyclic) bond motifs is 1. The minimum Gasteiger partial charge on any atom is -0.336 e. The molecule has 0 saturated carbocycles. The van der Waals surface area contributed by atoms with E-state index in [1.807, 2.05) is 11.8 Å². The molecule has 1 amide bonds. The molecule has 174 valence electrons. The monoisotopic (exact) mass is 492 g/mol. The van der Waals surface area contributed by atoms with Crippen LogP contribution in [0.2, 0.25) is 5.02 Å². The van der Waals surface area contributed by atoms with Crippen LogP contribution in [0.15, 0.2) is 53.3 Å². The summed E-state index contributed by atoms with van der Waals surface area (Å²) in [6, 6.07) is 15.2. The zero-order valence-electron chi connectivity index (χ0n) is 19.1. The van der Waals surface area contributed by atoms with E-state index in [-0.39, 0.29) is 11.5 Å². The highest BCUT2D eigenvalue weighted by molar-refractivity contribution is 7.19. The molecular formula is C26H25ClN4O2S. The minimum absolute atomic E-state index is 0.0157. The van der Waals surface area contributed by atoms with E-state index in [2.05, 4.69) is 41.1 Å². The smallest absolute Gasteiger partial charge is 0.260 e. The molecule has 3 heterocycles. The highest BCUT2D eigenvalue weighted by Crippen LogP contribution is 2.35. The van der Waals surface area contributed by atoms with Crippen LogP contribution >= 0.6 is 22.9 Å². The Morgan fingerprint density at radius 3 is 2.38 bits per heavy atom. The number of H-pyrrole nitrogens is 1. The lowest BCUT2D eigenvalue weighted by molar-refractivity contribution is 0.0625. The number of nitrogens with one attached hydrogen (secondary N) is 1. The van der Waals surface area contributed by atoms with Gasteiger partial charge in [-0.3, -0.25) is 14.5 Å². The molecule has 2 aromatic heterocycles. The molecule has 6 nitrogen and oxygen atoms in total. The average molecular weight is 493 g/mol. The number of thiophene rings is 1. The Morgan fingerprint density at radius 2 is 1.71 bits per heavy atom. The highest BCUT2D eigenvalue weighted by atomic mass is 35.5. The van der Waals surface area contributed by atoms with Crippen molar-refractivity contribution in [2.75, 3.05) is 26.2 Å². The molecule has 1 N–H and O–H groups in total. The van der Waals surface area contributed by atoms with Gasteiger partial charge < -0.3 is 9.88 Å². The number of aromatic nitrogens is 2. The Balaban J connectivity index is 1.30. The second-order valence-corrected chi connectivity index (χ2v) is 10.3. The summed E-state index contributed by atoms with van der Waals surface area (Å²) in [4.78, 5) is 39.5. The lowest BCUT2D eigenvalue weighted by atomic mass is 10.0. The fourth-order valence-electron chi connectivity index (χ4n) is 4.40. The number of piperazine rings is 1. The van der Waals surface area contributed by atoms with Gasteiger partial charge in [0.1, 0.15) is 10.7 Å². The molecule has 0 unspecified atom stereocenters. The number of carbonyl (C=O) groups is 1. The van der Waals surface area contributed by atoms with Crippen LogP contribution in [0.5, 0.6) is 0 Å². The van der Waals surface area contributed by atoms with Crippen LogP contribution in [0, 0.1) is 13.8 Å². The van der Waals surface area contributed by atoms with Gasteiger partial charge in [0.05, 0.1) is 11.9 Å². The number of aromatic amines is 1. The first-order valence-electron chi connectivity index (χ1n) is 11.3. The van der Waals surface area contributed by atoms with Crippen molar-refractivity contribution in [3.8, 4) is 11.1 Å². The van der Waals surface area contributed by atoms with Gasteiger partial charge in [-0.15, -0.1) is 11.3 Å². The highest BCUT2D eigenvalue weighted by Gasteiger charge is 2.23. The van der Waals surface area contributed by atoms with Crippen molar-refractivity contribution >= 4 is 39.1 Å². The van der Waals surface area contributed by atoms with Gasteiger partial charge in [0.2, 0.25) is 0 Å². The maximum absolute atomic E-state index is 13.1. The van der Waals surface area contributed by atoms with Crippen molar-refractivity contribution in [1.82, 2.24) is 19.8 Å². The molecule has 2 aromatic carbocycles. The summed E-state index contributed by atoms with van der Waals surface area (Å²) in [5.74, 6) is 0.675. The van der Waals surface area contributed by atoms with Crippen LogP contribution in [-0.4, -0.2) is 51.9 Å². The van der Waals surface area contributed by atoms with E-state index < -0.39 is 0 Å². The molecule has 5 rings (SSSR count). The third-order valence-corrected chi connectivity index (χ3v) is 7.50. The zero-order valence-corrected chi connectivity index (χ0v) is 20.7. The van der Waals surface area contributed by atoms with Gasteiger partial charge in [0.15, 0.2) is 0 Å². The van der Waals surface area contributed by atoms with Crippen molar-refractivity contribution < 1.29 is 4.79 Å². The number of carbonyl (C=O) groups excluding carboxylic acids is 1. The van der Waals surface area contributed by atoms with E-state index in [1.165, 1.54) is 5.56 Å². The first kappa shape index (κ1) is 22.8. The third-order valence-electron chi connectivity index (χ3n) is 6.25. The number of aryl methyl sites for hydroxylation is 2. The molecule has 1 saturated heterocycles. The van der Waals surface area contributed by atoms with Gasteiger partial charge in [0, 0.05) is 47.2 Å². The summed E-state index contributed by atoms with van der Waals surface area (Å²) in [6.07, 6.45) is 0. The second kappa shape index (κ2) is 9.33. The van der Waals surface area contributed by atoms with Crippen LogP contribution in [-0.2, 0) is 6.54 Å². The largest absolute Gasteiger partial charge is 0.336 e. The van der Waals surface area contributed by atoms with Gasteiger partial charge >= 0.3 is 0 Å². The Bertz CT molecular complexity index is 1400. The van der Waals surface area contributed by atoms with Crippen LogP contribution < -0.4 is 5.56 Å². The van der Waals surface area contributed by atoms with Gasteiger partial charge in [0.25, 0.3) is 11.5 Å². The van der Waals surface area contributed by atoms with E-state index in [0.29, 0.717) is 41.4 Å². The number of rotatable bonds is 4. The summed E-state index contributed by atoms with van der Waals surface area (Å²) in [5.41, 5.74) is 3.74. The number of halogens is 1. The van der Waals surface area contributed by atoms with E-state index >= 15 is 0 Å². The van der Waals surface area contributed by atoms with E-state index in [0.717, 1.165) is 33.9 Å². The molecule has 0 bridgehead atoms. The van der Waals surface area contributed by atoms with Crippen LogP contribution in [0.3, 0.4) is 0 Å². The normalized spacial score (nSPS) is 14.6. The number of amides is 1. The number of nitrogens with zero attached hydrogens (tertiary/aromatic N) is 3. The first-order valence-corrected chi connectivity index (χ1v) is 12.4. The van der Waals surface area contributed by atoms with Gasteiger partial charge in [-0.25, -0.2) is 4.98 Å². The average Bonchev–Trinajstić information content (AvgIpc) is 3.16. The summed E-state index contributed by atoms with van der Waals surface area (Å²) in [7, 11) is 0. The Morgan fingerprint density at radius 1 is 1.03 bits per heavy atom. The van der Waals surface area contributed by atoms with E-state index in [1.54, 1.807) is 35.6 Å². The third kappa shape index (κ3) is 4.51. The van der Waals surface area contributed by atoms with E-state index in [4.69, 9.17) is 16.6 Å². The molecule has 4 aromatic rings. The molecular weight excluding hydrogens is 468 g/mol. The van der Waals surface area contributed by atoms with Crippen LogP contribution in [0.1, 0.15) is 26.6 Å². The number of benzene rings is 2. The molecule has 34 heavy (non-hydrogen) atoms. The predicted octanol–water partition coefficient (Wildman–Crippen LogP) is 4.88. The second-order valence-electron chi connectivity index (χ2n) is 8.67. The van der Waals surface area contributed by atoms with Crippen molar-refractivity contribution in [3.63, 3.8) is 0 Å². The molecule has 0 atom stereocenters. The Hall–Kier alpha value is -3.00. The van der Waals surface area contributed by atoms with Crippen molar-refractivity contribution in [3.05, 3.63) is 85.7 Å². The van der Waals surface area contributed by atoms with Gasteiger partial charge in [-0.1, -0.05) is 41.4 Å². The van der Waals surface area contributed by atoms with Crippen molar-refractivity contribution in [2.24, 2.45) is 0 Å². The molecule has 0 radical (unpaired) electrons. The van der Waals surface area contributed by atoms with Crippen LogP contribution in [0.25, 0.3) is 21.3 Å². The Labute approximate surface area is 206 Å². The first-order chi connectivity index (χ1) is 16.4. The maximum Gasteiger partial charge on any atom is 0.260 e. The number of hydrogen-bond acceptors (Lipinski definition) is 5. The summed E-state index contributed by atoms with van der Waals surface area (Å²) < 4.78 is 0. The quantitative estimate of drug-likeness (QED) is 0.441. The molecule has 8 heteroatoms. The number of hydrogen-bond donors (Lipinski definition) is 1. The molecule has 0 aliphatic carbocycles. The lowest BCUT2D eigenvalue weighted by Gasteiger charge is -2.34. The predicted molar refractivity (Wildman–Crippen MR) is 138 cm³/mol. The summed E-state index contributed by atoms with van der Waals surface area (Å²) >= 11 is 7.49. The molecule has 1 aliphatic heterocycles. The minimum atomic E-state index is -0.100. The van der Waals surface area contributed by atoms with Crippen LogP contribution in [0.4, 0.5) is 0 Å². The van der Waals surface area contributed by atoms with Crippen molar-refractivity contribution in [2.45, 2.75) is 20.4 Å². The molecule has 0 spiro atoms. The maximum atomic E-state index is 13.1. The van der Waals surface area contributed by atoms with E-state index in [9.17, 15) is 9.59 Å². The zero-order chi connectivity index (χ0) is 23.8. The summed E-state index contributed by atoms with van der Waals surface area (Å²) in [6.45, 7) is 7.34. The summed E-state index contributed by atoms with van der Waals surface area (Å²) in [5, 5.41) is 1.28. The fourth-order valence-corrected chi connectivity index (χ4v) is 5.59. The van der Waals surface area contributed by atoms with Gasteiger partial charge in [-0.2, -0.15) is 0 Å². The topological polar surface area (TPSA) is 69.3 Å². The molecule has 1 fully saturated rings. The standard InChI is InChI=1S/C26H25ClN4O2S/c1-16-3-5-18(6-4-16)22-17(2)34-25-23(22)24(32)28-21(29-25)15-30-11-13-31(14-12-30)26(33)19-7-9-20(27)10-8-19/h3-10H,11-15H2,1-2H3,(H,28,29,32). The molecule has 1 aliphatic rings. The van der Waals surface area contributed by atoms with Gasteiger partial charge in [-0.05, 0) is 43.7 Å². The van der Waals surface area contributed by atoms with Crippen molar-refractivity contribution in [1.29, 1.82) is 0 Å². The SMILES string of the molecule is Cc1ccc(-c2c(C)sc3nc(CN4CCN(C(=O)c5ccc(Cl)cc5)CC4)[nH]c(=O)c23)cc1.